The number of hydrogen-bond acceptors (Lipinski definition) is 4. The van der Waals surface area contributed by atoms with Crippen LogP contribution in [0.1, 0.15) is 16.0 Å². The Labute approximate surface area is 123 Å². The lowest BCUT2D eigenvalue weighted by Gasteiger charge is -2.30. The summed E-state index contributed by atoms with van der Waals surface area (Å²) in [5, 5.41) is 2.00. The van der Waals surface area contributed by atoms with Crippen LogP contribution in [0.3, 0.4) is 0 Å². The zero-order valence-electron chi connectivity index (χ0n) is 11.8. The first kappa shape index (κ1) is 14.8. The second kappa shape index (κ2) is 6.20. The van der Waals surface area contributed by atoms with Crippen LogP contribution < -0.4 is 5.73 Å². The minimum Gasteiger partial charge on any atom is -0.468 e. The van der Waals surface area contributed by atoms with Crippen molar-refractivity contribution in [3.63, 3.8) is 0 Å². The molecule has 0 saturated carbocycles. The molecule has 0 aliphatic heterocycles. The van der Waals surface area contributed by atoms with Gasteiger partial charge in [0.15, 0.2) is 0 Å². The number of esters is 1. The fraction of sp³-hybridized carbons (Fsp3) is 0.312. The monoisotopic (exact) mass is 289 g/mol. The Balaban J connectivity index is 2.49. The van der Waals surface area contributed by atoms with E-state index in [1.165, 1.54) is 7.11 Å². The summed E-state index contributed by atoms with van der Waals surface area (Å²) >= 11 is 1.63. The minimum absolute atomic E-state index is 0.223. The van der Waals surface area contributed by atoms with Crippen LogP contribution in [0, 0.1) is 6.92 Å². The van der Waals surface area contributed by atoms with Crippen LogP contribution in [0.4, 0.5) is 0 Å². The number of methoxy groups -OCH3 is 1. The third-order valence-corrected chi connectivity index (χ3v) is 4.43. The van der Waals surface area contributed by atoms with Gasteiger partial charge in [0.05, 0.1) is 7.11 Å². The predicted octanol–water partition coefficient (Wildman–Crippen LogP) is 2.67. The second-order valence-corrected chi connectivity index (χ2v) is 5.94. The van der Waals surface area contributed by atoms with Gasteiger partial charge in [-0.15, -0.1) is 11.3 Å². The standard InChI is InChI=1S/C16H19NO2S/c1-12-5-3-6-13(9-12)16(11-17,15(18)19-2)10-14-7-4-8-20-14/h3-9H,10-11,17H2,1-2H3. The molecule has 0 bridgehead atoms. The van der Waals surface area contributed by atoms with E-state index in [-0.39, 0.29) is 12.5 Å². The molecule has 1 aromatic heterocycles. The molecule has 0 saturated heterocycles. The molecule has 1 unspecified atom stereocenters. The average molecular weight is 289 g/mol. The van der Waals surface area contributed by atoms with Crippen molar-refractivity contribution in [2.45, 2.75) is 18.8 Å². The van der Waals surface area contributed by atoms with Gasteiger partial charge < -0.3 is 10.5 Å². The molecule has 1 heterocycles. The predicted molar refractivity (Wildman–Crippen MR) is 82.0 cm³/mol. The van der Waals surface area contributed by atoms with E-state index in [0.29, 0.717) is 6.42 Å². The zero-order chi connectivity index (χ0) is 14.6. The lowest BCUT2D eigenvalue weighted by atomic mass is 9.76. The van der Waals surface area contributed by atoms with Crippen molar-refractivity contribution >= 4 is 17.3 Å². The van der Waals surface area contributed by atoms with Crippen LogP contribution >= 0.6 is 11.3 Å². The topological polar surface area (TPSA) is 52.3 Å². The van der Waals surface area contributed by atoms with Crippen LogP contribution in [-0.4, -0.2) is 19.6 Å². The van der Waals surface area contributed by atoms with Gasteiger partial charge in [0.25, 0.3) is 0 Å². The van der Waals surface area contributed by atoms with Gasteiger partial charge in [-0.05, 0) is 23.9 Å². The van der Waals surface area contributed by atoms with E-state index in [2.05, 4.69) is 0 Å². The third kappa shape index (κ3) is 2.76. The van der Waals surface area contributed by atoms with Crippen molar-refractivity contribution in [1.29, 1.82) is 0 Å². The molecule has 0 aliphatic rings. The molecule has 0 spiro atoms. The highest BCUT2D eigenvalue weighted by Gasteiger charge is 2.40. The van der Waals surface area contributed by atoms with Crippen LogP contribution in [0.5, 0.6) is 0 Å². The first-order valence-electron chi connectivity index (χ1n) is 6.50. The van der Waals surface area contributed by atoms with Gasteiger partial charge in [-0.1, -0.05) is 35.9 Å². The highest BCUT2D eigenvalue weighted by molar-refractivity contribution is 7.09. The second-order valence-electron chi connectivity index (χ2n) is 4.90. The Morgan fingerprint density at radius 3 is 2.70 bits per heavy atom. The fourth-order valence-corrected chi connectivity index (χ4v) is 3.23. The summed E-state index contributed by atoms with van der Waals surface area (Å²) < 4.78 is 5.04. The van der Waals surface area contributed by atoms with Crippen molar-refractivity contribution in [3.8, 4) is 0 Å². The summed E-state index contributed by atoms with van der Waals surface area (Å²) in [6.45, 7) is 2.23. The number of nitrogens with two attached hydrogens (primary N) is 1. The van der Waals surface area contributed by atoms with Gasteiger partial charge in [-0.3, -0.25) is 4.79 Å². The molecular weight excluding hydrogens is 270 g/mol. The number of aryl methyl sites for hydroxylation is 1. The van der Waals surface area contributed by atoms with E-state index < -0.39 is 5.41 Å². The molecule has 0 amide bonds. The molecule has 2 aromatic rings. The minimum atomic E-state index is -0.814. The van der Waals surface area contributed by atoms with Crippen molar-refractivity contribution in [3.05, 3.63) is 57.8 Å². The zero-order valence-corrected chi connectivity index (χ0v) is 12.6. The number of hydrogen-bond donors (Lipinski definition) is 1. The normalized spacial score (nSPS) is 13.8. The smallest absolute Gasteiger partial charge is 0.317 e. The molecule has 2 N–H and O–H groups in total. The summed E-state index contributed by atoms with van der Waals surface area (Å²) in [5.41, 5.74) is 7.20. The van der Waals surface area contributed by atoms with Crippen molar-refractivity contribution in [2.24, 2.45) is 5.73 Å². The van der Waals surface area contributed by atoms with E-state index in [0.717, 1.165) is 16.0 Å². The molecule has 20 heavy (non-hydrogen) atoms. The summed E-state index contributed by atoms with van der Waals surface area (Å²) in [5.74, 6) is -0.279. The van der Waals surface area contributed by atoms with E-state index in [1.54, 1.807) is 11.3 Å². The molecule has 0 aliphatic carbocycles. The Morgan fingerprint density at radius 2 is 2.15 bits per heavy atom. The Bertz CT molecular complexity index is 580. The Hall–Kier alpha value is -1.65. The van der Waals surface area contributed by atoms with E-state index in [1.807, 2.05) is 48.7 Å². The van der Waals surface area contributed by atoms with Gasteiger partial charge in [-0.25, -0.2) is 0 Å². The lowest BCUT2D eigenvalue weighted by molar-refractivity contribution is -0.147. The van der Waals surface area contributed by atoms with Gasteiger partial charge in [0.2, 0.25) is 0 Å². The Kier molecular flexibility index (Phi) is 4.57. The maximum atomic E-state index is 12.4. The molecule has 106 valence electrons. The van der Waals surface area contributed by atoms with Crippen molar-refractivity contribution in [1.82, 2.24) is 0 Å². The summed E-state index contributed by atoms with van der Waals surface area (Å²) in [6, 6.07) is 11.9. The SMILES string of the molecule is COC(=O)C(CN)(Cc1cccs1)c1cccc(C)c1. The number of benzene rings is 1. The van der Waals surface area contributed by atoms with Crippen molar-refractivity contribution < 1.29 is 9.53 Å². The van der Waals surface area contributed by atoms with E-state index >= 15 is 0 Å². The van der Waals surface area contributed by atoms with E-state index in [9.17, 15) is 4.79 Å². The first-order valence-corrected chi connectivity index (χ1v) is 7.38. The van der Waals surface area contributed by atoms with Crippen LogP contribution in [0.2, 0.25) is 0 Å². The number of carbonyl (C=O) groups is 1. The number of ether oxygens (including phenoxy) is 1. The summed E-state index contributed by atoms with van der Waals surface area (Å²) in [4.78, 5) is 13.5. The number of rotatable bonds is 5. The molecule has 1 aromatic carbocycles. The van der Waals surface area contributed by atoms with Crippen LogP contribution in [-0.2, 0) is 21.4 Å². The average Bonchev–Trinajstić information content (AvgIpc) is 2.96. The number of thiophene rings is 1. The van der Waals surface area contributed by atoms with Gasteiger partial charge >= 0.3 is 5.97 Å². The number of carbonyl (C=O) groups excluding carboxylic acids is 1. The van der Waals surface area contributed by atoms with Gasteiger partial charge in [0.1, 0.15) is 5.41 Å². The Morgan fingerprint density at radius 1 is 1.35 bits per heavy atom. The quantitative estimate of drug-likeness (QED) is 0.861. The molecule has 0 fully saturated rings. The highest BCUT2D eigenvalue weighted by atomic mass is 32.1. The van der Waals surface area contributed by atoms with Crippen LogP contribution in [0.25, 0.3) is 0 Å². The fourth-order valence-electron chi connectivity index (χ4n) is 2.41. The lowest BCUT2D eigenvalue weighted by Crippen LogP contribution is -2.45. The molecular formula is C16H19NO2S. The molecule has 0 radical (unpaired) electrons. The van der Waals surface area contributed by atoms with Gasteiger partial charge in [0, 0.05) is 17.8 Å². The van der Waals surface area contributed by atoms with Crippen LogP contribution in [0.15, 0.2) is 41.8 Å². The van der Waals surface area contributed by atoms with Gasteiger partial charge in [-0.2, -0.15) is 0 Å². The maximum Gasteiger partial charge on any atom is 0.317 e. The molecule has 1 atom stereocenters. The maximum absolute atomic E-state index is 12.4. The summed E-state index contributed by atoms with van der Waals surface area (Å²) in [6.07, 6.45) is 0.567. The molecule has 3 nitrogen and oxygen atoms in total. The summed E-state index contributed by atoms with van der Waals surface area (Å²) in [7, 11) is 1.41. The molecule has 2 rings (SSSR count). The third-order valence-electron chi connectivity index (χ3n) is 3.55. The first-order chi connectivity index (χ1) is 9.62. The molecule has 4 heteroatoms. The van der Waals surface area contributed by atoms with E-state index in [4.69, 9.17) is 10.5 Å². The largest absolute Gasteiger partial charge is 0.468 e. The highest BCUT2D eigenvalue weighted by Crippen LogP contribution is 2.31. The van der Waals surface area contributed by atoms with Crippen molar-refractivity contribution in [2.75, 3.05) is 13.7 Å².